The predicted octanol–water partition coefficient (Wildman–Crippen LogP) is 2.54. The lowest BCUT2D eigenvalue weighted by Gasteiger charge is -2.27. The second kappa shape index (κ2) is 5.70. The summed E-state index contributed by atoms with van der Waals surface area (Å²) in [5, 5.41) is 0. The van der Waals surface area contributed by atoms with E-state index in [1.807, 2.05) is 12.3 Å². The van der Waals surface area contributed by atoms with Crippen molar-refractivity contribution in [1.29, 1.82) is 0 Å². The average molecular weight is 311 g/mol. The number of hydrogen-bond acceptors (Lipinski definition) is 4. The Morgan fingerprint density at radius 3 is 3.09 bits per heavy atom. The van der Waals surface area contributed by atoms with Crippen LogP contribution in [-0.4, -0.2) is 31.0 Å². The van der Waals surface area contributed by atoms with Crippen LogP contribution < -0.4 is 0 Å². The van der Waals surface area contributed by atoms with Crippen LogP contribution in [0.4, 0.5) is 4.39 Å². The summed E-state index contributed by atoms with van der Waals surface area (Å²) >= 11 is 0. The monoisotopic (exact) mass is 311 g/mol. The molecule has 5 nitrogen and oxygen atoms in total. The Morgan fingerprint density at radius 2 is 2.22 bits per heavy atom. The number of fused-ring (bicyclic) bond motifs is 2. The number of imidazole rings is 1. The van der Waals surface area contributed by atoms with Gasteiger partial charge in [0.1, 0.15) is 17.7 Å². The third kappa shape index (κ3) is 2.49. The number of rotatable bonds is 3. The molecule has 1 aliphatic rings. The molecule has 1 aromatic carbocycles. The van der Waals surface area contributed by atoms with Crippen molar-refractivity contribution >= 4 is 11.0 Å². The van der Waals surface area contributed by atoms with E-state index < -0.39 is 0 Å². The van der Waals surface area contributed by atoms with Gasteiger partial charge in [-0.15, -0.1) is 0 Å². The highest BCUT2D eigenvalue weighted by molar-refractivity contribution is 5.76. The highest BCUT2D eigenvalue weighted by atomic mass is 19.1. The summed E-state index contributed by atoms with van der Waals surface area (Å²) < 4.78 is 16.1. The van der Waals surface area contributed by atoms with Crippen molar-refractivity contribution in [3.63, 3.8) is 0 Å². The molecule has 3 heterocycles. The number of para-hydroxylation sites is 1. The molecule has 0 radical (unpaired) electrons. The van der Waals surface area contributed by atoms with Gasteiger partial charge < -0.3 is 4.57 Å². The van der Waals surface area contributed by atoms with E-state index in [9.17, 15) is 4.39 Å². The maximum absolute atomic E-state index is 14.0. The topological polar surface area (TPSA) is 46.8 Å². The lowest BCUT2D eigenvalue weighted by atomic mass is 10.1. The Hall–Kier alpha value is -2.34. The molecule has 0 saturated heterocycles. The van der Waals surface area contributed by atoms with Crippen LogP contribution in [0.3, 0.4) is 0 Å². The van der Waals surface area contributed by atoms with E-state index in [1.165, 1.54) is 11.6 Å². The van der Waals surface area contributed by atoms with Crippen LogP contribution in [0.2, 0.25) is 0 Å². The van der Waals surface area contributed by atoms with E-state index in [0.717, 1.165) is 43.1 Å². The minimum absolute atomic E-state index is 0.257. The summed E-state index contributed by atoms with van der Waals surface area (Å²) in [7, 11) is 0. The first-order chi connectivity index (χ1) is 11.3. The van der Waals surface area contributed by atoms with E-state index in [1.54, 1.807) is 12.4 Å². The van der Waals surface area contributed by atoms with E-state index in [2.05, 4.69) is 31.3 Å². The van der Waals surface area contributed by atoms with Gasteiger partial charge in [-0.05, 0) is 31.0 Å². The summed E-state index contributed by atoms with van der Waals surface area (Å²) in [5.74, 6) is 0.651. The van der Waals surface area contributed by atoms with E-state index in [0.29, 0.717) is 12.1 Å². The molecule has 0 saturated carbocycles. The van der Waals surface area contributed by atoms with Crippen molar-refractivity contribution in [2.24, 2.45) is 0 Å². The molecule has 6 heteroatoms. The van der Waals surface area contributed by atoms with Gasteiger partial charge in [0.2, 0.25) is 0 Å². The van der Waals surface area contributed by atoms with Crippen molar-refractivity contribution in [2.45, 2.75) is 33.0 Å². The fourth-order valence-electron chi connectivity index (χ4n) is 3.27. The Labute approximate surface area is 133 Å². The SMILES string of the molecule is CCn1c(CN2CCc3cncnc3C2)nc2c(F)cccc21. The Morgan fingerprint density at radius 1 is 1.30 bits per heavy atom. The van der Waals surface area contributed by atoms with Crippen LogP contribution in [0.15, 0.2) is 30.7 Å². The summed E-state index contributed by atoms with van der Waals surface area (Å²) in [6.07, 6.45) is 4.44. The molecule has 1 aliphatic heterocycles. The largest absolute Gasteiger partial charge is 0.327 e. The highest BCUT2D eigenvalue weighted by Gasteiger charge is 2.20. The summed E-state index contributed by atoms with van der Waals surface area (Å²) in [6.45, 7) is 5.27. The average Bonchev–Trinajstić information content (AvgIpc) is 2.93. The molecular weight excluding hydrogens is 293 g/mol. The molecular formula is C17H18FN5. The molecule has 2 aromatic heterocycles. The molecule has 0 bridgehead atoms. The van der Waals surface area contributed by atoms with Gasteiger partial charge in [-0.25, -0.2) is 19.3 Å². The third-order valence-electron chi connectivity index (χ3n) is 4.44. The first-order valence-corrected chi connectivity index (χ1v) is 7.90. The van der Waals surface area contributed by atoms with Gasteiger partial charge in [-0.3, -0.25) is 4.90 Å². The summed E-state index contributed by atoms with van der Waals surface area (Å²) in [4.78, 5) is 15.3. The predicted molar refractivity (Wildman–Crippen MR) is 85.2 cm³/mol. The fourth-order valence-corrected chi connectivity index (χ4v) is 3.27. The van der Waals surface area contributed by atoms with Crippen LogP contribution in [0.25, 0.3) is 11.0 Å². The van der Waals surface area contributed by atoms with Crippen LogP contribution in [0, 0.1) is 5.82 Å². The molecule has 0 aliphatic carbocycles. The smallest absolute Gasteiger partial charge is 0.151 e. The second-order valence-corrected chi connectivity index (χ2v) is 5.84. The van der Waals surface area contributed by atoms with Gasteiger partial charge in [0.05, 0.1) is 17.8 Å². The van der Waals surface area contributed by atoms with Gasteiger partial charge in [0.25, 0.3) is 0 Å². The molecule has 118 valence electrons. The molecule has 0 N–H and O–H groups in total. The first kappa shape index (κ1) is 14.3. The molecule has 0 spiro atoms. The molecule has 23 heavy (non-hydrogen) atoms. The van der Waals surface area contributed by atoms with Gasteiger partial charge in [-0.1, -0.05) is 6.07 Å². The van der Waals surface area contributed by atoms with Crippen LogP contribution in [0.5, 0.6) is 0 Å². The number of nitrogens with zero attached hydrogens (tertiary/aromatic N) is 5. The standard InChI is InChI=1S/C17H18FN5/c1-2-23-15-5-3-4-13(18)17(15)21-16(23)10-22-7-6-12-8-19-11-20-14(12)9-22/h3-5,8,11H,2,6-7,9-10H2,1H3. The minimum Gasteiger partial charge on any atom is -0.327 e. The van der Waals surface area contributed by atoms with Crippen molar-refractivity contribution < 1.29 is 4.39 Å². The quantitative estimate of drug-likeness (QED) is 0.746. The maximum atomic E-state index is 14.0. The fraction of sp³-hybridized carbons (Fsp3) is 0.353. The van der Waals surface area contributed by atoms with Crippen LogP contribution in [-0.2, 0) is 26.1 Å². The first-order valence-electron chi connectivity index (χ1n) is 7.90. The summed E-state index contributed by atoms with van der Waals surface area (Å²) in [5.41, 5.74) is 3.63. The maximum Gasteiger partial charge on any atom is 0.151 e. The Kier molecular flexibility index (Phi) is 3.53. The third-order valence-corrected chi connectivity index (χ3v) is 4.44. The van der Waals surface area contributed by atoms with E-state index in [-0.39, 0.29) is 5.82 Å². The highest BCUT2D eigenvalue weighted by Crippen LogP contribution is 2.22. The van der Waals surface area contributed by atoms with Crippen molar-refractivity contribution in [3.8, 4) is 0 Å². The molecule has 0 unspecified atom stereocenters. The number of hydrogen-bond donors (Lipinski definition) is 0. The van der Waals surface area contributed by atoms with Gasteiger partial charge in [0, 0.05) is 25.8 Å². The van der Waals surface area contributed by atoms with Crippen molar-refractivity contribution in [3.05, 3.63) is 53.6 Å². The Balaban J connectivity index is 1.65. The lowest BCUT2D eigenvalue weighted by Crippen LogP contribution is -2.31. The molecule has 0 fully saturated rings. The normalized spacial score (nSPS) is 15.0. The van der Waals surface area contributed by atoms with Crippen LogP contribution in [0.1, 0.15) is 24.0 Å². The minimum atomic E-state index is -0.257. The zero-order valence-corrected chi connectivity index (χ0v) is 13.0. The van der Waals surface area contributed by atoms with Gasteiger partial charge in [0.15, 0.2) is 5.82 Å². The summed E-state index contributed by atoms with van der Waals surface area (Å²) in [6, 6.07) is 5.13. The second-order valence-electron chi connectivity index (χ2n) is 5.84. The van der Waals surface area contributed by atoms with Crippen LogP contribution >= 0.6 is 0 Å². The van der Waals surface area contributed by atoms with Crippen molar-refractivity contribution in [1.82, 2.24) is 24.4 Å². The lowest BCUT2D eigenvalue weighted by molar-refractivity contribution is 0.232. The molecule has 4 rings (SSSR count). The van der Waals surface area contributed by atoms with Gasteiger partial charge in [-0.2, -0.15) is 0 Å². The van der Waals surface area contributed by atoms with E-state index in [4.69, 9.17) is 0 Å². The Bertz CT molecular complexity index is 857. The number of aryl methyl sites for hydroxylation is 1. The number of benzene rings is 1. The van der Waals surface area contributed by atoms with E-state index >= 15 is 0 Å². The number of halogens is 1. The number of aromatic nitrogens is 4. The van der Waals surface area contributed by atoms with Crippen molar-refractivity contribution in [2.75, 3.05) is 6.54 Å². The zero-order valence-electron chi connectivity index (χ0n) is 13.0. The molecule has 0 amide bonds. The van der Waals surface area contributed by atoms with Gasteiger partial charge >= 0.3 is 0 Å². The molecule has 3 aromatic rings. The zero-order chi connectivity index (χ0) is 15.8. The molecule has 0 atom stereocenters.